The SMILES string of the molecule is C=C=Cc1ccc2c(c1O)C(O)=C1C(=O)[C@@]3(O)C(O)=C(C(N)=O)C(=O)[C@H](N(C)C)[C@H]3[C@H](O)[C@H]1[C@@H]2C. The minimum atomic E-state index is -2.93. The van der Waals surface area contributed by atoms with Crippen molar-refractivity contribution >= 4 is 29.3 Å². The Morgan fingerprint density at radius 3 is 2.40 bits per heavy atom. The molecule has 0 spiro atoms. The van der Waals surface area contributed by atoms with Crippen molar-refractivity contribution < 1.29 is 39.9 Å². The Kier molecular flexibility index (Phi) is 5.53. The maximum Gasteiger partial charge on any atom is 0.255 e. The second-order valence-electron chi connectivity index (χ2n) is 9.37. The molecule has 1 amide bonds. The number of ketones is 2. The Morgan fingerprint density at radius 2 is 1.86 bits per heavy atom. The number of nitrogens with two attached hydrogens (primary N) is 1. The number of nitrogens with zero attached hydrogens (tertiary/aromatic N) is 1. The van der Waals surface area contributed by atoms with Crippen LogP contribution in [-0.4, -0.2) is 79.7 Å². The summed E-state index contributed by atoms with van der Waals surface area (Å²) in [5.74, 6) is -9.17. The van der Waals surface area contributed by atoms with Gasteiger partial charge in [-0.3, -0.25) is 19.3 Å². The average molecular weight is 482 g/mol. The van der Waals surface area contributed by atoms with E-state index in [1.165, 1.54) is 25.1 Å². The molecule has 1 saturated carbocycles. The predicted molar refractivity (Wildman–Crippen MR) is 124 cm³/mol. The Hall–Kier alpha value is -3.69. The number of rotatable bonds is 3. The van der Waals surface area contributed by atoms with Crippen LogP contribution in [0.15, 0.2) is 41.3 Å². The van der Waals surface area contributed by atoms with E-state index in [9.17, 15) is 39.9 Å². The highest BCUT2D eigenvalue weighted by atomic mass is 16.4. The number of benzene rings is 1. The fraction of sp³-hybridized carbons (Fsp3) is 0.360. The van der Waals surface area contributed by atoms with Gasteiger partial charge < -0.3 is 31.3 Å². The number of aliphatic hydroxyl groups excluding tert-OH is 3. The molecule has 6 atom stereocenters. The summed E-state index contributed by atoms with van der Waals surface area (Å²) in [4.78, 5) is 40.3. The molecular weight excluding hydrogens is 456 g/mol. The number of aliphatic hydroxyl groups is 4. The molecule has 0 unspecified atom stereocenters. The normalized spacial score (nSPS) is 32.1. The largest absolute Gasteiger partial charge is 0.508 e. The van der Waals surface area contributed by atoms with Crippen molar-refractivity contribution in [2.45, 2.75) is 30.6 Å². The lowest BCUT2D eigenvalue weighted by Crippen LogP contribution is -2.70. The smallest absolute Gasteiger partial charge is 0.255 e. The highest BCUT2D eigenvalue weighted by Gasteiger charge is 2.68. The molecule has 10 nitrogen and oxygen atoms in total. The second kappa shape index (κ2) is 7.93. The van der Waals surface area contributed by atoms with Crippen molar-refractivity contribution in [2.75, 3.05) is 14.1 Å². The van der Waals surface area contributed by atoms with Crippen molar-refractivity contribution in [3.05, 3.63) is 58.0 Å². The maximum atomic E-state index is 13.8. The number of fused-ring (bicyclic) bond motifs is 3. The number of carbonyl (C=O) groups is 3. The summed E-state index contributed by atoms with van der Waals surface area (Å²) in [7, 11) is 2.91. The molecular formula is C25H26N2O8. The average Bonchev–Trinajstić information content (AvgIpc) is 2.77. The van der Waals surface area contributed by atoms with Crippen LogP contribution in [0.1, 0.15) is 29.5 Å². The van der Waals surface area contributed by atoms with Crippen LogP contribution in [0.2, 0.25) is 0 Å². The third-order valence-electron chi connectivity index (χ3n) is 7.42. The first-order valence-electron chi connectivity index (χ1n) is 10.9. The van der Waals surface area contributed by atoms with E-state index >= 15 is 0 Å². The molecule has 0 radical (unpaired) electrons. The van der Waals surface area contributed by atoms with Crippen LogP contribution in [0, 0.1) is 11.8 Å². The molecule has 0 aliphatic heterocycles. The summed E-state index contributed by atoms with van der Waals surface area (Å²) in [5, 5.41) is 56.0. The molecule has 3 aliphatic rings. The molecule has 10 heteroatoms. The highest BCUT2D eigenvalue weighted by Crippen LogP contribution is 2.56. The summed E-state index contributed by atoms with van der Waals surface area (Å²) >= 11 is 0. The quantitative estimate of drug-likeness (QED) is 0.261. The van der Waals surface area contributed by atoms with E-state index in [1.54, 1.807) is 19.1 Å². The molecule has 1 aromatic carbocycles. The maximum absolute atomic E-state index is 13.8. The number of Topliss-reactive ketones (excluding diaryl/α,β-unsaturated/α-hetero) is 2. The summed E-state index contributed by atoms with van der Waals surface area (Å²) in [6, 6.07) is 1.80. The summed E-state index contributed by atoms with van der Waals surface area (Å²) in [6.45, 7) is 5.12. The van der Waals surface area contributed by atoms with E-state index in [1.807, 2.05) is 0 Å². The molecule has 1 aromatic rings. The molecule has 0 bridgehead atoms. The van der Waals surface area contributed by atoms with Crippen molar-refractivity contribution in [1.82, 2.24) is 4.90 Å². The van der Waals surface area contributed by atoms with Gasteiger partial charge in [0.1, 0.15) is 22.8 Å². The van der Waals surface area contributed by atoms with Crippen LogP contribution in [0.5, 0.6) is 5.75 Å². The van der Waals surface area contributed by atoms with Gasteiger partial charge in [0.15, 0.2) is 11.4 Å². The molecule has 4 rings (SSSR count). The van der Waals surface area contributed by atoms with Crippen LogP contribution in [0.4, 0.5) is 0 Å². The number of amides is 1. The van der Waals surface area contributed by atoms with Gasteiger partial charge in [0.05, 0.1) is 23.6 Å². The van der Waals surface area contributed by atoms with E-state index in [0.717, 1.165) is 0 Å². The standard InChI is InChI=1S/C25H26N2O8/c1-5-6-10-7-8-11-9(2)12-14(19(29)13(11)18(10)28)22(32)25(35)16(20(12)30)17(27(3)4)21(31)15(23(25)33)24(26)34/h6-9,12,16-17,20,28-30,33,35H,1H2,2-4H3,(H2,26,34)/t9-,12+,16+,17-,20-,25-/m1/s1. The van der Waals surface area contributed by atoms with Crippen molar-refractivity contribution in [2.24, 2.45) is 17.6 Å². The lowest BCUT2D eigenvalue weighted by molar-refractivity contribution is -0.169. The minimum Gasteiger partial charge on any atom is -0.508 e. The first-order chi connectivity index (χ1) is 16.3. The summed E-state index contributed by atoms with van der Waals surface area (Å²) in [6.07, 6.45) is -0.256. The molecule has 184 valence electrons. The van der Waals surface area contributed by atoms with Crippen molar-refractivity contribution in [1.29, 1.82) is 0 Å². The van der Waals surface area contributed by atoms with Crippen molar-refractivity contribution in [3.63, 3.8) is 0 Å². The van der Waals surface area contributed by atoms with Gasteiger partial charge in [-0.05, 0) is 31.7 Å². The molecule has 1 fully saturated rings. The topological polar surface area (TPSA) is 182 Å². The first-order valence-corrected chi connectivity index (χ1v) is 10.9. The number of hydrogen-bond donors (Lipinski definition) is 6. The van der Waals surface area contributed by atoms with E-state index < -0.39 is 75.6 Å². The number of hydrogen-bond acceptors (Lipinski definition) is 9. The van der Waals surface area contributed by atoms with E-state index in [-0.39, 0.29) is 16.9 Å². The lowest BCUT2D eigenvalue weighted by Gasteiger charge is -2.53. The molecule has 0 heterocycles. The Labute approximate surface area is 200 Å². The van der Waals surface area contributed by atoms with Gasteiger partial charge in [-0.1, -0.05) is 25.6 Å². The monoisotopic (exact) mass is 482 g/mol. The Bertz CT molecular complexity index is 1300. The Balaban J connectivity index is 2.07. The highest BCUT2D eigenvalue weighted by molar-refractivity contribution is 6.24. The zero-order valence-corrected chi connectivity index (χ0v) is 19.3. The summed E-state index contributed by atoms with van der Waals surface area (Å²) < 4.78 is 0. The zero-order valence-electron chi connectivity index (χ0n) is 19.3. The second-order valence-corrected chi connectivity index (χ2v) is 9.37. The third kappa shape index (κ3) is 2.98. The predicted octanol–water partition coefficient (Wildman–Crippen LogP) is 0.294. The van der Waals surface area contributed by atoms with Gasteiger partial charge in [0.2, 0.25) is 5.78 Å². The summed E-state index contributed by atoms with van der Waals surface area (Å²) in [5.41, 5.74) is 4.09. The number of phenolic OH excluding ortho intramolecular Hbond substituents is 1. The minimum absolute atomic E-state index is 0.0787. The first kappa shape index (κ1) is 24.4. The van der Waals surface area contributed by atoms with Gasteiger partial charge in [-0.25, -0.2) is 0 Å². The van der Waals surface area contributed by atoms with Gasteiger partial charge in [-0.15, -0.1) is 5.73 Å². The van der Waals surface area contributed by atoms with Gasteiger partial charge in [0.25, 0.3) is 5.91 Å². The zero-order chi connectivity index (χ0) is 26.1. The number of phenols is 1. The van der Waals surface area contributed by atoms with Gasteiger partial charge in [0, 0.05) is 17.1 Å². The van der Waals surface area contributed by atoms with E-state index in [0.29, 0.717) is 5.56 Å². The number of aromatic hydroxyl groups is 1. The third-order valence-corrected chi connectivity index (χ3v) is 7.42. The molecule has 0 saturated heterocycles. The molecule has 3 aliphatic carbocycles. The van der Waals surface area contributed by atoms with Crippen LogP contribution in [0.25, 0.3) is 11.8 Å². The number of carbonyl (C=O) groups excluding carboxylic acids is 3. The fourth-order valence-corrected chi connectivity index (χ4v) is 5.86. The molecule has 7 N–H and O–H groups in total. The number of likely N-dealkylation sites (N-methyl/N-ethyl adjacent to an activating group) is 1. The van der Waals surface area contributed by atoms with Crippen LogP contribution >= 0.6 is 0 Å². The number of primary amides is 1. The molecule has 35 heavy (non-hydrogen) atoms. The van der Waals surface area contributed by atoms with Crippen LogP contribution in [0.3, 0.4) is 0 Å². The van der Waals surface area contributed by atoms with E-state index in [2.05, 4.69) is 12.3 Å². The fourth-order valence-electron chi connectivity index (χ4n) is 5.86. The van der Waals surface area contributed by atoms with Crippen molar-refractivity contribution in [3.8, 4) is 5.75 Å². The van der Waals surface area contributed by atoms with E-state index in [4.69, 9.17) is 5.73 Å². The Morgan fingerprint density at radius 1 is 1.23 bits per heavy atom. The van der Waals surface area contributed by atoms with Gasteiger partial charge in [-0.2, -0.15) is 0 Å². The van der Waals surface area contributed by atoms with Crippen LogP contribution < -0.4 is 5.73 Å². The molecule has 0 aromatic heterocycles. The van der Waals surface area contributed by atoms with Crippen LogP contribution in [-0.2, 0) is 14.4 Å². The lowest BCUT2D eigenvalue weighted by atomic mass is 9.54. The van der Waals surface area contributed by atoms with Gasteiger partial charge >= 0.3 is 0 Å².